The van der Waals surface area contributed by atoms with Crippen molar-refractivity contribution in [3.05, 3.63) is 53.2 Å². The van der Waals surface area contributed by atoms with E-state index in [4.69, 9.17) is 13.9 Å². The van der Waals surface area contributed by atoms with E-state index in [9.17, 15) is 9.59 Å². The molecule has 0 saturated carbocycles. The van der Waals surface area contributed by atoms with Crippen LogP contribution in [0.2, 0.25) is 0 Å². The Kier molecular flexibility index (Phi) is 13.7. The molecule has 0 spiro atoms. The Morgan fingerprint density at radius 1 is 0.971 bits per heavy atom. The summed E-state index contributed by atoms with van der Waals surface area (Å²) in [6, 6.07) is 7.83. The van der Waals surface area contributed by atoms with Crippen LogP contribution in [0.15, 0.2) is 34.9 Å². The summed E-state index contributed by atoms with van der Waals surface area (Å²) < 4.78 is 16.2. The molecule has 0 saturated heterocycles. The molecule has 0 aliphatic carbocycles. The molecule has 1 aromatic heterocycles. The molecule has 0 unspecified atom stereocenters. The van der Waals surface area contributed by atoms with Gasteiger partial charge in [0, 0.05) is 45.1 Å². The van der Waals surface area contributed by atoms with Gasteiger partial charge in [-0.05, 0) is 57.2 Å². The molecular formula is C27H41N3O5. The van der Waals surface area contributed by atoms with Crippen LogP contribution in [-0.4, -0.2) is 61.2 Å². The van der Waals surface area contributed by atoms with E-state index in [-0.39, 0.29) is 24.1 Å². The van der Waals surface area contributed by atoms with Crippen molar-refractivity contribution in [2.45, 2.75) is 65.8 Å². The smallest absolute Gasteiger partial charge is 0.273 e. The second-order valence-corrected chi connectivity index (χ2v) is 8.36. The van der Waals surface area contributed by atoms with Gasteiger partial charge in [0.2, 0.25) is 5.89 Å². The molecule has 2 amide bonds. The third-order valence-electron chi connectivity index (χ3n) is 5.54. The van der Waals surface area contributed by atoms with Crippen molar-refractivity contribution in [2.75, 3.05) is 39.5 Å². The van der Waals surface area contributed by atoms with Crippen LogP contribution in [0.5, 0.6) is 0 Å². The molecule has 0 bridgehead atoms. The standard InChI is InChI=1S/C27H41N3O5/c1-4-7-8-11-22-12-14-23(15-13-22)27(32)30(17-10-19-34-6-3)20-25-29-24(21-35-25)26(31)28-16-9-18-33-5-2/h12-15,21H,4-11,16-20H2,1-3H3,(H,28,31). The highest BCUT2D eigenvalue weighted by Gasteiger charge is 2.20. The Morgan fingerprint density at radius 2 is 1.69 bits per heavy atom. The second-order valence-electron chi connectivity index (χ2n) is 8.36. The fraction of sp³-hybridized carbons (Fsp3) is 0.593. The third-order valence-corrected chi connectivity index (χ3v) is 5.54. The topological polar surface area (TPSA) is 93.9 Å². The number of carbonyl (C=O) groups excluding carboxylic acids is 2. The minimum absolute atomic E-state index is 0.0956. The lowest BCUT2D eigenvalue weighted by molar-refractivity contribution is 0.0695. The van der Waals surface area contributed by atoms with E-state index >= 15 is 0 Å². The Balaban J connectivity index is 1.99. The lowest BCUT2D eigenvalue weighted by Gasteiger charge is -2.21. The molecule has 0 aliphatic heterocycles. The van der Waals surface area contributed by atoms with Gasteiger partial charge in [-0.15, -0.1) is 0 Å². The van der Waals surface area contributed by atoms with Gasteiger partial charge in [0.05, 0.1) is 6.54 Å². The largest absolute Gasteiger partial charge is 0.446 e. The fourth-order valence-electron chi connectivity index (χ4n) is 3.59. The molecule has 8 nitrogen and oxygen atoms in total. The van der Waals surface area contributed by atoms with Crippen molar-refractivity contribution in [2.24, 2.45) is 0 Å². The third kappa shape index (κ3) is 10.6. The molecular weight excluding hydrogens is 446 g/mol. The van der Waals surface area contributed by atoms with E-state index in [1.165, 1.54) is 24.7 Å². The maximum Gasteiger partial charge on any atom is 0.273 e. The zero-order valence-corrected chi connectivity index (χ0v) is 21.5. The van der Waals surface area contributed by atoms with Gasteiger partial charge in [-0.1, -0.05) is 31.9 Å². The van der Waals surface area contributed by atoms with Crippen LogP contribution in [0.4, 0.5) is 0 Å². The first kappa shape index (κ1) is 28.5. The van der Waals surface area contributed by atoms with E-state index < -0.39 is 0 Å². The van der Waals surface area contributed by atoms with Crippen LogP contribution >= 0.6 is 0 Å². The highest BCUT2D eigenvalue weighted by atomic mass is 16.5. The number of hydrogen-bond acceptors (Lipinski definition) is 6. The summed E-state index contributed by atoms with van der Waals surface area (Å²) in [5, 5.41) is 2.81. The van der Waals surface area contributed by atoms with Gasteiger partial charge in [-0.25, -0.2) is 4.98 Å². The summed E-state index contributed by atoms with van der Waals surface area (Å²) in [5.41, 5.74) is 2.07. The van der Waals surface area contributed by atoms with E-state index in [1.54, 1.807) is 4.90 Å². The molecule has 1 heterocycles. The van der Waals surface area contributed by atoms with Crippen LogP contribution in [0.3, 0.4) is 0 Å². The van der Waals surface area contributed by atoms with Gasteiger partial charge in [0.15, 0.2) is 5.69 Å². The number of aryl methyl sites for hydroxylation is 1. The first-order chi connectivity index (χ1) is 17.1. The molecule has 2 aromatic rings. The molecule has 2 rings (SSSR count). The summed E-state index contributed by atoms with van der Waals surface area (Å²) in [4.78, 5) is 31.6. The Morgan fingerprint density at radius 3 is 2.37 bits per heavy atom. The van der Waals surface area contributed by atoms with Crippen LogP contribution in [-0.2, 0) is 22.4 Å². The molecule has 0 atom stereocenters. The van der Waals surface area contributed by atoms with Crippen molar-refractivity contribution < 1.29 is 23.5 Å². The Bertz CT molecular complexity index is 866. The molecule has 0 radical (unpaired) electrons. The Hall–Kier alpha value is -2.71. The monoisotopic (exact) mass is 487 g/mol. The molecule has 1 N–H and O–H groups in total. The molecule has 0 aliphatic rings. The summed E-state index contributed by atoms with van der Waals surface area (Å²) in [5.74, 6) is -0.0727. The number of unbranched alkanes of at least 4 members (excludes halogenated alkanes) is 2. The van der Waals surface area contributed by atoms with Gasteiger partial charge in [0.1, 0.15) is 6.26 Å². The number of oxazole rings is 1. The van der Waals surface area contributed by atoms with E-state index in [2.05, 4.69) is 17.2 Å². The van der Waals surface area contributed by atoms with Crippen molar-refractivity contribution in [3.8, 4) is 0 Å². The number of benzene rings is 1. The van der Waals surface area contributed by atoms with Crippen LogP contribution in [0, 0.1) is 0 Å². The number of hydrogen-bond donors (Lipinski definition) is 1. The van der Waals surface area contributed by atoms with Crippen LogP contribution in [0.25, 0.3) is 0 Å². The van der Waals surface area contributed by atoms with Crippen molar-refractivity contribution in [1.29, 1.82) is 0 Å². The quantitative estimate of drug-likeness (QED) is 0.308. The summed E-state index contributed by atoms with van der Waals surface area (Å²) >= 11 is 0. The van der Waals surface area contributed by atoms with Gasteiger partial charge < -0.3 is 24.1 Å². The normalized spacial score (nSPS) is 10.9. The van der Waals surface area contributed by atoms with Gasteiger partial charge in [-0.3, -0.25) is 9.59 Å². The first-order valence-corrected chi connectivity index (χ1v) is 12.8. The average molecular weight is 488 g/mol. The molecule has 8 heteroatoms. The van der Waals surface area contributed by atoms with E-state index in [1.807, 2.05) is 38.1 Å². The highest BCUT2D eigenvalue weighted by molar-refractivity contribution is 5.94. The molecule has 194 valence electrons. The van der Waals surface area contributed by atoms with Crippen molar-refractivity contribution >= 4 is 11.8 Å². The number of ether oxygens (including phenoxy) is 2. The molecule has 35 heavy (non-hydrogen) atoms. The average Bonchev–Trinajstić information content (AvgIpc) is 3.34. The van der Waals surface area contributed by atoms with Crippen molar-refractivity contribution in [1.82, 2.24) is 15.2 Å². The maximum atomic E-state index is 13.3. The predicted molar refractivity (Wildman–Crippen MR) is 135 cm³/mol. The lowest BCUT2D eigenvalue weighted by atomic mass is 10.0. The van der Waals surface area contributed by atoms with Crippen LogP contribution in [0.1, 0.15) is 85.2 Å². The number of aromatic nitrogens is 1. The lowest BCUT2D eigenvalue weighted by Crippen LogP contribution is -2.32. The Labute approximate surface area is 209 Å². The van der Waals surface area contributed by atoms with Crippen LogP contribution < -0.4 is 5.32 Å². The summed E-state index contributed by atoms with van der Waals surface area (Å²) in [6.45, 7) is 9.70. The van der Waals surface area contributed by atoms with E-state index in [0.29, 0.717) is 57.4 Å². The van der Waals surface area contributed by atoms with Gasteiger partial charge in [0.25, 0.3) is 11.8 Å². The summed E-state index contributed by atoms with van der Waals surface area (Å²) in [7, 11) is 0. The number of nitrogens with one attached hydrogen (secondary N) is 1. The minimum atomic E-state index is -0.301. The molecule has 1 aromatic carbocycles. The first-order valence-electron chi connectivity index (χ1n) is 12.8. The maximum absolute atomic E-state index is 13.3. The number of amides is 2. The fourth-order valence-corrected chi connectivity index (χ4v) is 3.59. The highest BCUT2D eigenvalue weighted by Crippen LogP contribution is 2.14. The van der Waals surface area contributed by atoms with Crippen molar-refractivity contribution in [3.63, 3.8) is 0 Å². The number of carbonyl (C=O) groups is 2. The van der Waals surface area contributed by atoms with Gasteiger partial charge >= 0.3 is 0 Å². The number of nitrogens with zero attached hydrogens (tertiary/aromatic N) is 2. The predicted octanol–water partition coefficient (Wildman–Crippen LogP) is 4.63. The number of rotatable bonds is 18. The molecule has 0 fully saturated rings. The minimum Gasteiger partial charge on any atom is -0.446 e. The summed E-state index contributed by atoms with van der Waals surface area (Å²) in [6.07, 6.45) is 7.32. The van der Waals surface area contributed by atoms with E-state index in [0.717, 1.165) is 19.3 Å². The SMILES string of the molecule is CCCCCc1ccc(C(=O)N(CCCOCC)Cc2nc(C(=O)NCCCOCC)co2)cc1. The zero-order chi connectivity index (χ0) is 25.3. The zero-order valence-electron chi connectivity index (χ0n) is 21.5. The second kappa shape index (κ2) is 16.8. The van der Waals surface area contributed by atoms with Gasteiger partial charge in [-0.2, -0.15) is 0 Å².